The van der Waals surface area contributed by atoms with Crippen LogP contribution in [0, 0.1) is 0 Å². The average molecular weight is 387 g/mol. The molecule has 3 rings (SSSR count). The van der Waals surface area contributed by atoms with Crippen molar-refractivity contribution < 1.29 is 4.74 Å². The molecule has 2 aromatic rings. The van der Waals surface area contributed by atoms with Gasteiger partial charge in [-0.05, 0) is 31.9 Å². The minimum absolute atomic E-state index is 0. The zero-order chi connectivity index (χ0) is 15.9. The number of aryl methyl sites for hydroxylation is 1. The van der Waals surface area contributed by atoms with Gasteiger partial charge in [-0.3, -0.25) is 4.90 Å². The third-order valence-corrected chi connectivity index (χ3v) is 4.29. The summed E-state index contributed by atoms with van der Waals surface area (Å²) in [5, 5.41) is 0. The number of rotatable bonds is 7. The fourth-order valence-electron chi connectivity index (χ4n) is 3.10. The number of hydrogen-bond donors (Lipinski definition) is 1. The number of likely N-dealkylation sites (tertiary alicyclic amines) is 1. The number of aromatic nitrogens is 2. The van der Waals surface area contributed by atoms with E-state index in [4.69, 9.17) is 10.5 Å². The molecule has 1 saturated heterocycles. The lowest BCUT2D eigenvalue weighted by Gasteiger charge is -2.31. The van der Waals surface area contributed by atoms with Crippen LogP contribution in [0.4, 0.5) is 0 Å². The SMILES string of the molecule is Cl.Cl.NC1CCCN(Cc2ccccc2OCCCn2ccnc2)C1. The fourth-order valence-corrected chi connectivity index (χ4v) is 3.10. The van der Waals surface area contributed by atoms with Crippen molar-refractivity contribution in [3.63, 3.8) is 0 Å². The van der Waals surface area contributed by atoms with E-state index in [0.29, 0.717) is 12.6 Å². The lowest BCUT2D eigenvalue weighted by Crippen LogP contribution is -2.42. The van der Waals surface area contributed by atoms with Gasteiger partial charge in [0.15, 0.2) is 0 Å². The van der Waals surface area contributed by atoms with Crippen molar-refractivity contribution >= 4 is 24.8 Å². The van der Waals surface area contributed by atoms with Crippen molar-refractivity contribution in [2.75, 3.05) is 19.7 Å². The maximum absolute atomic E-state index is 6.08. The van der Waals surface area contributed by atoms with Crippen LogP contribution < -0.4 is 10.5 Å². The first kappa shape index (κ1) is 21.8. The molecule has 1 aromatic heterocycles. The molecular weight excluding hydrogens is 359 g/mol. The Kier molecular flexibility index (Phi) is 9.90. The molecular formula is C18H28Cl2N4O. The Labute approximate surface area is 162 Å². The molecule has 7 heteroatoms. The summed E-state index contributed by atoms with van der Waals surface area (Å²) in [4.78, 5) is 6.48. The molecule has 0 spiro atoms. The standard InChI is InChI=1S/C18H26N4O.2ClH/c19-17-6-3-9-22(14-17)13-16-5-1-2-7-18(16)23-12-4-10-21-11-8-20-15-21;;/h1-2,5,7-8,11,15,17H,3-4,6,9-10,12-14,19H2;2*1H. The van der Waals surface area contributed by atoms with Crippen LogP contribution in [0.25, 0.3) is 0 Å². The Balaban J connectivity index is 0.00000156. The molecule has 1 aliphatic heterocycles. The van der Waals surface area contributed by atoms with E-state index in [0.717, 1.165) is 44.8 Å². The Morgan fingerprint density at radius 3 is 2.84 bits per heavy atom. The number of halogens is 2. The molecule has 5 nitrogen and oxygen atoms in total. The molecule has 2 heterocycles. The maximum atomic E-state index is 6.08. The number of nitrogens with two attached hydrogens (primary N) is 1. The lowest BCUT2D eigenvalue weighted by atomic mass is 10.1. The maximum Gasteiger partial charge on any atom is 0.123 e. The molecule has 0 saturated carbocycles. The minimum Gasteiger partial charge on any atom is -0.493 e. The molecule has 25 heavy (non-hydrogen) atoms. The van der Waals surface area contributed by atoms with Gasteiger partial charge in [0.2, 0.25) is 0 Å². The third kappa shape index (κ3) is 6.86. The van der Waals surface area contributed by atoms with E-state index in [1.807, 2.05) is 18.6 Å². The van der Waals surface area contributed by atoms with Gasteiger partial charge >= 0.3 is 0 Å². The van der Waals surface area contributed by atoms with Crippen molar-refractivity contribution in [1.29, 1.82) is 0 Å². The summed E-state index contributed by atoms with van der Waals surface area (Å²) in [5.41, 5.74) is 7.34. The predicted octanol–water partition coefficient (Wildman–Crippen LogP) is 3.12. The van der Waals surface area contributed by atoms with E-state index >= 15 is 0 Å². The van der Waals surface area contributed by atoms with Crippen LogP contribution >= 0.6 is 24.8 Å². The number of ether oxygens (including phenoxy) is 1. The largest absolute Gasteiger partial charge is 0.493 e. The second-order valence-corrected chi connectivity index (χ2v) is 6.25. The topological polar surface area (TPSA) is 56.3 Å². The summed E-state index contributed by atoms with van der Waals surface area (Å²) in [6.45, 7) is 4.68. The van der Waals surface area contributed by atoms with E-state index in [1.165, 1.54) is 12.0 Å². The van der Waals surface area contributed by atoms with E-state index in [-0.39, 0.29) is 24.8 Å². The highest BCUT2D eigenvalue weighted by atomic mass is 35.5. The molecule has 0 amide bonds. The number of para-hydroxylation sites is 1. The first-order chi connectivity index (χ1) is 11.3. The average Bonchev–Trinajstić information content (AvgIpc) is 3.06. The normalized spacial score (nSPS) is 17.4. The third-order valence-electron chi connectivity index (χ3n) is 4.29. The van der Waals surface area contributed by atoms with Gasteiger partial charge in [-0.1, -0.05) is 18.2 Å². The molecule has 1 aliphatic rings. The van der Waals surface area contributed by atoms with E-state index in [9.17, 15) is 0 Å². The molecule has 0 aliphatic carbocycles. The van der Waals surface area contributed by atoms with Crippen molar-refractivity contribution in [3.05, 3.63) is 48.5 Å². The Bertz CT molecular complexity index is 595. The highest BCUT2D eigenvalue weighted by Crippen LogP contribution is 2.21. The smallest absolute Gasteiger partial charge is 0.123 e. The summed E-state index contributed by atoms with van der Waals surface area (Å²) in [6, 6.07) is 8.66. The van der Waals surface area contributed by atoms with E-state index in [2.05, 4.69) is 32.7 Å². The van der Waals surface area contributed by atoms with Crippen LogP contribution in [-0.2, 0) is 13.1 Å². The van der Waals surface area contributed by atoms with Gasteiger partial charge in [-0.25, -0.2) is 4.98 Å². The van der Waals surface area contributed by atoms with Crippen LogP contribution in [0.5, 0.6) is 5.75 Å². The van der Waals surface area contributed by atoms with E-state index in [1.54, 1.807) is 6.20 Å². The Morgan fingerprint density at radius 2 is 2.08 bits per heavy atom. The number of piperidine rings is 1. The molecule has 1 unspecified atom stereocenters. The molecule has 0 bridgehead atoms. The number of nitrogens with zero attached hydrogens (tertiary/aromatic N) is 3. The molecule has 1 aromatic carbocycles. The second kappa shape index (κ2) is 11.4. The quantitative estimate of drug-likeness (QED) is 0.742. The molecule has 1 fully saturated rings. The van der Waals surface area contributed by atoms with Gasteiger partial charge in [0.05, 0.1) is 12.9 Å². The fraction of sp³-hybridized carbons (Fsp3) is 0.500. The van der Waals surface area contributed by atoms with Crippen LogP contribution in [0.1, 0.15) is 24.8 Å². The van der Waals surface area contributed by atoms with Gasteiger partial charge in [0.25, 0.3) is 0 Å². The zero-order valence-electron chi connectivity index (χ0n) is 14.4. The Morgan fingerprint density at radius 1 is 1.24 bits per heavy atom. The van der Waals surface area contributed by atoms with Crippen LogP contribution in [0.3, 0.4) is 0 Å². The Hall–Kier alpha value is -1.27. The monoisotopic (exact) mass is 386 g/mol. The second-order valence-electron chi connectivity index (χ2n) is 6.25. The summed E-state index contributed by atoms with van der Waals surface area (Å²) >= 11 is 0. The number of benzene rings is 1. The molecule has 1 atom stereocenters. The van der Waals surface area contributed by atoms with Crippen LogP contribution in [0.15, 0.2) is 43.0 Å². The molecule has 140 valence electrons. The summed E-state index contributed by atoms with van der Waals surface area (Å²) in [5.74, 6) is 0.997. The predicted molar refractivity (Wildman–Crippen MR) is 106 cm³/mol. The number of imidazole rings is 1. The van der Waals surface area contributed by atoms with E-state index < -0.39 is 0 Å². The van der Waals surface area contributed by atoms with Gasteiger partial charge in [-0.15, -0.1) is 24.8 Å². The zero-order valence-corrected chi connectivity index (χ0v) is 16.1. The van der Waals surface area contributed by atoms with Gasteiger partial charge in [0.1, 0.15) is 5.75 Å². The molecule has 0 radical (unpaired) electrons. The summed E-state index contributed by atoms with van der Waals surface area (Å²) < 4.78 is 8.09. The van der Waals surface area contributed by atoms with Crippen molar-refractivity contribution in [3.8, 4) is 5.75 Å². The lowest BCUT2D eigenvalue weighted by molar-refractivity contribution is 0.197. The first-order valence-electron chi connectivity index (χ1n) is 8.45. The minimum atomic E-state index is 0. The van der Waals surface area contributed by atoms with Crippen molar-refractivity contribution in [2.45, 2.75) is 38.4 Å². The van der Waals surface area contributed by atoms with Crippen LogP contribution in [-0.4, -0.2) is 40.2 Å². The number of hydrogen-bond acceptors (Lipinski definition) is 4. The van der Waals surface area contributed by atoms with Crippen LogP contribution in [0.2, 0.25) is 0 Å². The van der Waals surface area contributed by atoms with Gasteiger partial charge in [0, 0.05) is 43.6 Å². The summed E-state index contributed by atoms with van der Waals surface area (Å²) in [6.07, 6.45) is 8.93. The highest BCUT2D eigenvalue weighted by molar-refractivity contribution is 5.85. The molecule has 2 N–H and O–H groups in total. The van der Waals surface area contributed by atoms with Gasteiger partial charge < -0.3 is 15.0 Å². The van der Waals surface area contributed by atoms with Crippen molar-refractivity contribution in [2.24, 2.45) is 5.73 Å². The van der Waals surface area contributed by atoms with Gasteiger partial charge in [-0.2, -0.15) is 0 Å². The summed E-state index contributed by atoms with van der Waals surface area (Å²) in [7, 11) is 0. The first-order valence-corrected chi connectivity index (χ1v) is 8.45. The van der Waals surface area contributed by atoms with Crippen molar-refractivity contribution in [1.82, 2.24) is 14.5 Å². The highest BCUT2D eigenvalue weighted by Gasteiger charge is 2.17.